The summed E-state index contributed by atoms with van der Waals surface area (Å²) in [7, 11) is 1.29. The van der Waals surface area contributed by atoms with Crippen LogP contribution in [0.5, 0.6) is 0 Å². The quantitative estimate of drug-likeness (QED) is 0.718. The van der Waals surface area contributed by atoms with Gasteiger partial charge in [0.05, 0.1) is 12.7 Å². The number of aryl methyl sites for hydroxylation is 1. The van der Waals surface area contributed by atoms with E-state index in [1.807, 2.05) is 6.92 Å². The number of pyridine rings is 1. The lowest BCUT2D eigenvalue weighted by Crippen LogP contribution is -2.37. The predicted octanol–water partition coefficient (Wildman–Crippen LogP) is 3.55. The van der Waals surface area contributed by atoms with Gasteiger partial charge in [-0.3, -0.25) is 14.6 Å². The van der Waals surface area contributed by atoms with Crippen LogP contribution in [0.4, 0.5) is 0 Å². The summed E-state index contributed by atoms with van der Waals surface area (Å²) in [5, 5.41) is 1.07. The van der Waals surface area contributed by atoms with Gasteiger partial charge in [-0.15, -0.1) is 0 Å². The van der Waals surface area contributed by atoms with Crippen molar-refractivity contribution in [3.63, 3.8) is 0 Å². The Bertz CT molecular complexity index is 763. The van der Waals surface area contributed by atoms with Crippen LogP contribution in [-0.2, 0) is 16.0 Å². The molecular formula is C18H18Cl2N2O3. The van der Waals surface area contributed by atoms with Crippen LogP contribution in [0.3, 0.4) is 0 Å². The third kappa shape index (κ3) is 5.44. The van der Waals surface area contributed by atoms with Crippen molar-refractivity contribution >= 4 is 35.1 Å². The lowest BCUT2D eigenvalue weighted by atomic mass is 10.1. The summed E-state index contributed by atoms with van der Waals surface area (Å²) >= 11 is 12.1. The van der Waals surface area contributed by atoms with Gasteiger partial charge in [-0.05, 0) is 43.2 Å². The Balaban J connectivity index is 2.15. The molecule has 7 heteroatoms. The van der Waals surface area contributed by atoms with Gasteiger partial charge in [-0.25, -0.2) is 0 Å². The molecule has 25 heavy (non-hydrogen) atoms. The van der Waals surface area contributed by atoms with Gasteiger partial charge >= 0.3 is 5.97 Å². The van der Waals surface area contributed by atoms with Crippen molar-refractivity contribution < 1.29 is 14.3 Å². The van der Waals surface area contributed by atoms with E-state index in [4.69, 9.17) is 23.2 Å². The van der Waals surface area contributed by atoms with Gasteiger partial charge in [0.25, 0.3) is 5.91 Å². The molecule has 0 radical (unpaired) electrons. The fourth-order valence-electron chi connectivity index (χ4n) is 2.23. The van der Waals surface area contributed by atoms with Gasteiger partial charge in [0.1, 0.15) is 6.54 Å². The Hall–Kier alpha value is -2.11. The molecule has 2 aromatic rings. The predicted molar refractivity (Wildman–Crippen MR) is 97.1 cm³/mol. The van der Waals surface area contributed by atoms with Gasteiger partial charge in [0.15, 0.2) is 0 Å². The number of esters is 1. The Labute approximate surface area is 156 Å². The average Bonchev–Trinajstić information content (AvgIpc) is 2.59. The maximum Gasteiger partial charge on any atom is 0.325 e. The highest BCUT2D eigenvalue weighted by molar-refractivity contribution is 6.35. The first kappa shape index (κ1) is 19.2. The molecule has 1 aromatic heterocycles. The Kier molecular flexibility index (Phi) is 6.79. The fourth-order valence-corrected chi connectivity index (χ4v) is 2.73. The Morgan fingerprint density at radius 1 is 1.20 bits per heavy atom. The van der Waals surface area contributed by atoms with Crippen LogP contribution in [0.1, 0.15) is 21.6 Å². The largest absolute Gasteiger partial charge is 0.468 e. The summed E-state index contributed by atoms with van der Waals surface area (Å²) in [6.07, 6.45) is 1.98. The molecule has 0 atom stereocenters. The first-order chi connectivity index (χ1) is 11.9. The van der Waals surface area contributed by atoms with Crippen LogP contribution >= 0.6 is 23.2 Å². The number of ether oxygens (including phenoxy) is 1. The van der Waals surface area contributed by atoms with Crippen LogP contribution < -0.4 is 0 Å². The van der Waals surface area contributed by atoms with Crippen LogP contribution in [0.2, 0.25) is 10.0 Å². The van der Waals surface area contributed by atoms with Crippen LogP contribution in [0.15, 0.2) is 36.5 Å². The van der Waals surface area contributed by atoms with Crippen molar-refractivity contribution in [3.8, 4) is 0 Å². The van der Waals surface area contributed by atoms with E-state index in [0.717, 1.165) is 11.3 Å². The number of carbonyl (C=O) groups excluding carboxylic acids is 2. The average molecular weight is 381 g/mol. The fraction of sp³-hybridized carbons (Fsp3) is 0.278. The van der Waals surface area contributed by atoms with E-state index in [-0.39, 0.29) is 12.5 Å². The third-order valence-corrected chi connectivity index (χ3v) is 4.25. The standard InChI is InChI=1S/C18H18Cl2N2O3/c1-12-3-4-14(10-21-12)18(24)22(11-17(23)25-2)8-7-13-5-6-15(19)9-16(13)20/h3-6,9-10H,7-8,11H2,1-2H3. The molecule has 0 N–H and O–H groups in total. The summed E-state index contributed by atoms with van der Waals surface area (Å²) in [5.41, 5.74) is 2.07. The molecule has 1 heterocycles. The Morgan fingerprint density at radius 2 is 1.96 bits per heavy atom. The van der Waals surface area contributed by atoms with Crippen molar-refractivity contribution in [2.45, 2.75) is 13.3 Å². The molecular weight excluding hydrogens is 363 g/mol. The number of carbonyl (C=O) groups is 2. The molecule has 1 aromatic carbocycles. The molecule has 0 unspecified atom stereocenters. The second-order valence-electron chi connectivity index (χ2n) is 5.48. The zero-order valence-corrected chi connectivity index (χ0v) is 15.5. The molecule has 132 valence electrons. The van der Waals surface area contributed by atoms with E-state index >= 15 is 0 Å². The minimum absolute atomic E-state index is 0.144. The van der Waals surface area contributed by atoms with E-state index in [0.29, 0.717) is 28.6 Å². The van der Waals surface area contributed by atoms with Crippen molar-refractivity contribution in [2.24, 2.45) is 0 Å². The van der Waals surface area contributed by atoms with Gasteiger partial charge in [-0.1, -0.05) is 29.3 Å². The van der Waals surface area contributed by atoms with Crippen LogP contribution in [-0.4, -0.2) is 42.0 Å². The topological polar surface area (TPSA) is 59.5 Å². The minimum Gasteiger partial charge on any atom is -0.468 e. The maximum absolute atomic E-state index is 12.7. The SMILES string of the molecule is COC(=O)CN(CCc1ccc(Cl)cc1Cl)C(=O)c1ccc(C)nc1. The van der Waals surface area contributed by atoms with E-state index in [2.05, 4.69) is 9.72 Å². The number of benzene rings is 1. The molecule has 5 nitrogen and oxygen atoms in total. The molecule has 2 rings (SSSR count). The minimum atomic E-state index is -0.490. The summed E-state index contributed by atoms with van der Waals surface area (Å²) < 4.78 is 4.69. The highest BCUT2D eigenvalue weighted by Gasteiger charge is 2.20. The van der Waals surface area contributed by atoms with Crippen molar-refractivity contribution in [1.29, 1.82) is 0 Å². The van der Waals surface area contributed by atoms with Gasteiger partial charge in [0, 0.05) is 28.5 Å². The zero-order valence-electron chi connectivity index (χ0n) is 14.0. The van der Waals surface area contributed by atoms with Crippen LogP contribution in [0, 0.1) is 6.92 Å². The summed E-state index contributed by atoms with van der Waals surface area (Å²) in [6.45, 7) is 2.00. The summed E-state index contributed by atoms with van der Waals surface area (Å²) in [6, 6.07) is 8.62. The molecule has 0 bridgehead atoms. The number of nitrogens with zero attached hydrogens (tertiary/aromatic N) is 2. The zero-order chi connectivity index (χ0) is 18.4. The molecule has 0 saturated carbocycles. The van der Waals surface area contributed by atoms with Crippen molar-refractivity contribution in [3.05, 3.63) is 63.4 Å². The molecule has 0 aliphatic rings. The van der Waals surface area contributed by atoms with Crippen molar-refractivity contribution in [2.75, 3.05) is 20.2 Å². The normalized spacial score (nSPS) is 10.4. The highest BCUT2D eigenvalue weighted by Crippen LogP contribution is 2.21. The van der Waals surface area contributed by atoms with E-state index in [1.54, 1.807) is 30.3 Å². The molecule has 0 saturated heterocycles. The summed E-state index contributed by atoms with van der Waals surface area (Å²) in [5.74, 6) is -0.779. The molecule has 1 amide bonds. The molecule has 0 aliphatic heterocycles. The number of hydrogen-bond acceptors (Lipinski definition) is 4. The second-order valence-corrected chi connectivity index (χ2v) is 6.32. The van der Waals surface area contributed by atoms with Gasteiger partial charge in [0.2, 0.25) is 0 Å². The number of halogens is 2. The molecule has 0 fully saturated rings. The monoisotopic (exact) mass is 380 g/mol. The number of hydrogen-bond donors (Lipinski definition) is 0. The van der Waals surface area contributed by atoms with E-state index in [1.165, 1.54) is 18.2 Å². The maximum atomic E-state index is 12.7. The lowest BCUT2D eigenvalue weighted by molar-refractivity contribution is -0.141. The Morgan fingerprint density at radius 3 is 2.56 bits per heavy atom. The second kappa shape index (κ2) is 8.83. The first-order valence-electron chi connectivity index (χ1n) is 7.63. The smallest absolute Gasteiger partial charge is 0.325 e. The van der Waals surface area contributed by atoms with Gasteiger partial charge < -0.3 is 9.64 Å². The summed E-state index contributed by atoms with van der Waals surface area (Å²) in [4.78, 5) is 29.9. The third-order valence-electron chi connectivity index (χ3n) is 3.66. The number of amides is 1. The molecule has 0 aliphatic carbocycles. The van der Waals surface area contributed by atoms with Crippen molar-refractivity contribution in [1.82, 2.24) is 9.88 Å². The number of methoxy groups -OCH3 is 1. The number of rotatable bonds is 6. The highest BCUT2D eigenvalue weighted by atomic mass is 35.5. The van der Waals surface area contributed by atoms with E-state index < -0.39 is 5.97 Å². The lowest BCUT2D eigenvalue weighted by Gasteiger charge is -2.22. The van der Waals surface area contributed by atoms with Crippen LogP contribution in [0.25, 0.3) is 0 Å². The van der Waals surface area contributed by atoms with Gasteiger partial charge in [-0.2, -0.15) is 0 Å². The van der Waals surface area contributed by atoms with E-state index in [9.17, 15) is 9.59 Å². The first-order valence-corrected chi connectivity index (χ1v) is 8.39. The molecule has 0 spiro atoms. The number of aromatic nitrogens is 1.